The highest BCUT2D eigenvalue weighted by Crippen LogP contribution is 2.38. The first kappa shape index (κ1) is 16.3. The van der Waals surface area contributed by atoms with Crippen LogP contribution in [0.25, 0.3) is 0 Å². The van der Waals surface area contributed by atoms with Crippen LogP contribution in [0.3, 0.4) is 0 Å². The normalized spacial score (nSPS) is 19.6. The van der Waals surface area contributed by atoms with Gasteiger partial charge in [-0.1, -0.05) is 6.92 Å². The summed E-state index contributed by atoms with van der Waals surface area (Å²) in [5, 5.41) is 0. The van der Waals surface area contributed by atoms with Crippen LogP contribution in [-0.4, -0.2) is 35.9 Å². The van der Waals surface area contributed by atoms with Crippen molar-refractivity contribution < 1.29 is 23.9 Å². The Labute approximate surface area is 129 Å². The summed E-state index contributed by atoms with van der Waals surface area (Å²) in [6, 6.07) is 0. The molecule has 120 valence electrons. The molecule has 1 aromatic rings. The summed E-state index contributed by atoms with van der Waals surface area (Å²) in [6.07, 6.45) is 0.820. The molecule has 0 unspecified atom stereocenters. The van der Waals surface area contributed by atoms with Crippen LogP contribution in [0, 0.1) is 25.7 Å². The molecular formula is C16H21NO5. The molecule has 0 saturated heterocycles. The Morgan fingerprint density at radius 3 is 2.41 bits per heavy atom. The number of carbonyl (C=O) groups is 3. The first-order valence-corrected chi connectivity index (χ1v) is 7.42. The number of nitrogens with one attached hydrogen (secondary N) is 1. The highest BCUT2D eigenvalue weighted by molar-refractivity contribution is 6.02. The van der Waals surface area contributed by atoms with Crippen LogP contribution in [0.5, 0.6) is 0 Å². The van der Waals surface area contributed by atoms with E-state index in [1.807, 2.05) is 6.92 Å². The smallest absolute Gasteiger partial charge is 0.340 e. The van der Waals surface area contributed by atoms with Gasteiger partial charge in [-0.2, -0.15) is 0 Å². The molecule has 0 aromatic carbocycles. The molecule has 0 radical (unpaired) electrons. The highest BCUT2D eigenvalue weighted by atomic mass is 16.5. The molecule has 1 aromatic heterocycles. The van der Waals surface area contributed by atoms with Gasteiger partial charge in [0, 0.05) is 5.69 Å². The zero-order valence-electron chi connectivity index (χ0n) is 13.3. The van der Waals surface area contributed by atoms with Crippen molar-refractivity contribution >= 4 is 17.7 Å². The number of ether oxygens (including phenoxy) is 2. The Morgan fingerprint density at radius 2 is 1.86 bits per heavy atom. The van der Waals surface area contributed by atoms with E-state index >= 15 is 0 Å². The number of rotatable bonds is 6. The molecule has 1 heterocycles. The van der Waals surface area contributed by atoms with E-state index in [0.29, 0.717) is 22.7 Å². The number of esters is 2. The third-order valence-electron chi connectivity index (χ3n) is 3.95. The minimum absolute atomic E-state index is 0.0747. The standard InChI is InChI=1S/C16H21NO5/c1-5-21-16(20)13-9(3)14(17-10(13)4)12(18)7-22-15(19)11-6-8(11)2/h8,11,17H,5-7H2,1-4H3/t8-,11-/m1/s1. The lowest BCUT2D eigenvalue weighted by Gasteiger charge is -2.04. The lowest BCUT2D eigenvalue weighted by Crippen LogP contribution is -2.17. The van der Waals surface area contributed by atoms with Gasteiger partial charge in [0.25, 0.3) is 0 Å². The van der Waals surface area contributed by atoms with Crippen molar-refractivity contribution in [1.82, 2.24) is 4.98 Å². The summed E-state index contributed by atoms with van der Waals surface area (Å²) in [5.41, 5.74) is 1.75. The van der Waals surface area contributed by atoms with Crippen LogP contribution in [0.2, 0.25) is 0 Å². The van der Waals surface area contributed by atoms with Crippen LogP contribution in [0.4, 0.5) is 0 Å². The van der Waals surface area contributed by atoms with Gasteiger partial charge in [-0.05, 0) is 38.7 Å². The molecule has 1 fully saturated rings. The molecule has 2 rings (SSSR count). The summed E-state index contributed by atoms with van der Waals surface area (Å²) >= 11 is 0. The van der Waals surface area contributed by atoms with Gasteiger partial charge < -0.3 is 14.5 Å². The molecular weight excluding hydrogens is 286 g/mol. The summed E-state index contributed by atoms with van der Waals surface area (Å²) in [4.78, 5) is 38.6. The van der Waals surface area contributed by atoms with Gasteiger partial charge in [0.05, 0.1) is 23.8 Å². The lowest BCUT2D eigenvalue weighted by atomic mass is 10.1. The van der Waals surface area contributed by atoms with Crippen LogP contribution in [0.1, 0.15) is 52.4 Å². The second-order valence-electron chi connectivity index (χ2n) is 5.70. The van der Waals surface area contributed by atoms with E-state index in [1.165, 1.54) is 0 Å². The van der Waals surface area contributed by atoms with Crippen LogP contribution in [-0.2, 0) is 14.3 Å². The van der Waals surface area contributed by atoms with E-state index in [9.17, 15) is 14.4 Å². The summed E-state index contributed by atoms with van der Waals surface area (Å²) in [5.74, 6) is -0.872. The Hall–Kier alpha value is -2.11. The van der Waals surface area contributed by atoms with Crippen LogP contribution in [0.15, 0.2) is 0 Å². The zero-order valence-corrected chi connectivity index (χ0v) is 13.3. The van der Waals surface area contributed by atoms with Crippen molar-refractivity contribution in [2.24, 2.45) is 11.8 Å². The highest BCUT2D eigenvalue weighted by Gasteiger charge is 2.40. The fraction of sp³-hybridized carbons (Fsp3) is 0.562. The lowest BCUT2D eigenvalue weighted by molar-refractivity contribution is -0.144. The van der Waals surface area contributed by atoms with Crippen molar-refractivity contribution in [3.63, 3.8) is 0 Å². The monoisotopic (exact) mass is 307 g/mol. The van der Waals surface area contributed by atoms with E-state index in [0.717, 1.165) is 6.42 Å². The third-order valence-corrected chi connectivity index (χ3v) is 3.95. The summed E-state index contributed by atoms with van der Waals surface area (Å²) in [6.45, 7) is 7.02. The Balaban J connectivity index is 2.05. The molecule has 6 heteroatoms. The fourth-order valence-electron chi connectivity index (χ4n) is 2.50. The number of ketones is 1. The average Bonchev–Trinajstić information content (AvgIpc) is 3.11. The predicted octanol–water partition coefficient (Wildman–Crippen LogP) is 2.19. The molecule has 0 amide bonds. The van der Waals surface area contributed by atoms with Crippen LogP contribution >= 0.6 is 0 Å². The van der Waals surface area contributed by atoms with Crippen molar-refractivity contribution in [1.29, 1.82) is 0 Å². The van der Waals surface area contributed by atoms with Crippen molar-refractivity contribution in [2.75, 3.05) is 13.2 Å². The SMILES string of the molecule is CCOC(=O)c1c(C)[nH]c(C(=O)COC(=O)[C@@H]2C[C@H]2C)c1C. The molecule has 0 bridgehead atoms. The number of hydrogen-bond donors (Lipinski definition) is 1. The van der Waals surface area contributed by atoms with Gasteiger partial charge >= 0.3 is 11.9 Å². The van der Waals surface area contributed by atoms with Gasteiger partial charge in [0.15, 0.2) is 6.61 Å². The quantitative estimate of drug-likeness (QED) is 0.643. The van der Waals surface area contributed by atoms with E-state index in [1.54, 1.807) is 20.8 Å². The van der Waals surface area contributed by atoms with Crippen molar-refractivity contribution in [3.8, 4) is 0 Å². The maximum atomic E-state index is 12.2. The molecule has 1 aliphatic carbocycles. The number of H-pyrrole nitrogens is 1. The molecule has 1 N–H and O–H groups in total. The zero-order chi connectivity index (χ0) is 16.4. The van der Waals surface area contributed by atoms with Gasteiger partial charge in [0.1, 0.15) is 0 Å². The van der Waals surface area contributed by atoms with E-state index < -0.39 is 5.97 Å². The summed E-state index contributed by atoms with van der Waals surface area (Å²) in [7, 11) is 0. The second kappa shape index (κ2) is 6.34. The molecule has 0 aliphatic heterocycles. The average molecular weight is 307 g/mol. The Morgan fingerprint density at radius 1 is 1.23 bits per heavy atom. The Kier molecular flexibility index (Phi) is 4.68. The van der Waals surface area contributed by atoms with Crippen molar-refractivity contribution in [3.05, 3.63) is 22.5 Å². The minimum Gasteiger partial charge on any atom is -0.462 e. The third kappa shape index (κ3) is 3.21. The number of Topliss-reactive ketones (excluding diaryl/α,β-unsaturated/α-hetero) is 1. The Bertz CT molecular complexity index is 616. The van der Waals surface area contributed by atoms with E-state index in [2.05, 4.69) is 4.98 Å². The number of aryl methyl sites for hydroxylation is 1. The molecule has 2 atom stereocenters. The number of hydrogen-bond acceptors (Lipinski definition) is 5. The molecule has 1 aliphatic rings. The molecule has 0 spiro atoms. The maximum Gasteiger partial charge on any atom is 0.340 e. The minimum atomic E-state index is -0.461. The molecule has 1 saturated carbocycles. The number of carbonyl (C=O) groups excluding carboxylic acids is 3. The fourth-order valence-corrected chi connectivity index (χ4v) is 2.50. The first-order valence-electron chi connectivity index (χ1n) is 7.42. The van der Waals surface area contributed by atoms with Gasteiger partial charge in [-0.15, -0.1) is 0 Å². The van der Waals surface area contributed by atoms with Crippen molar-refractivity contribution in [2.45, 2.75) is 34.1 Å². The van der Waals surface area contributed by atoms with E-state index in [-0.39, 0.29) is 36.6 Å². The molecule has 6 nitrogen and oxygen atoms in total. The summed E-state index contributed by atoms with van der Waals surface area (Å²) < 4.78 is 10.0. The topological polar surface area (TPSA) is 85.5 Å². The maximum absolute atomic E-state index is 12.2. The number of aromatic nitrogens is 1. The van der Waals surface area contributed by atoms with E-state index in [4.69, 9.17) is 9.47 Å². The van der Waals surface area contributed by atoms with Gasteiger partial charge in [0.2, 0.25) is 5.78 Å². The van der Waals surface area contributed by atoms with Crippen LogP contribution < -0.4 is 0 Å². The predicted molar refractivity (Wildman–Crippen MR) is 78.8 cm³/mol. The van der Waals surface area contributed by atoms with Gasteiger partial charge in [-0.3, -0.25) is 9.59 Å². The number of aromatic amines is 1. The second-order valence-corrected chi connectivity index (χ2v) is 5.70. The van der Waals surface area contributed by atoms with Gasteiger partial charge in [-0.25, -0.2) is 4.79 Å². The molecule has 22 heavy (non-hydrogen) atoms. The first-order chi connectivity index (χ1) is 10.4. The largest absolute Gasteiger partial charge is 0.462 e.